The van der Waals surface area contributed by atoms with E-state index in [0.717, 1.165) is 34.8 Å². The molecule has 2 aromatic heterocycles. The molecule has 1 aliphatic rings. The van der Waals surface area contributed by atoms with Crippen LogP contribution >= 0.6 is 11.3 Å². The van der Waals surface area contributed by atoms with Crippen LogP contribution in [0.5, 0.6) is 0 Å². The first kappa shape index (κ1) is 28.2. The van der Waals surface area contributed by atoms with E-state index in [2.05, 4.69) is 46.3 Å². The van der Waals surface area contributed by atoms with E-state index in [1.54, 1.807) is 6.07 Å². The van der Waals surface area contributed by atoms with Gasteiger partial charge in [-0.15, -0.1) is 11.3 Å². The van der Waals surface area contributed by atoms with Crippen molar-refractivity contribution in [2.24, 2.45) is 0 Å². The van der Waals surface area contributed by atoms with Crippen molar-refractivity contribution in [1.29, 1.82) is 0 Å². The average molecular weight is 550 g/mol. The quantitative estimate of drug-likeness (QED) is 0.368. The summed E-state index contributed by atoms with van der Waals surface area (Å²) in [4.78, 5) is 49.8. The van der Waals surface area contributed by atoms with E-state index in [9.17, 15) is 14.4 Å². The number of nitrogens with zero attached hydrogens (tertiary/aromatic N) is 3. The monoisotopic (exact) mass is 549 g/mol. The fourth-order valence-corrected chi connectivity index (χ4v) is 5.37. The molecule has 1 fully saturated rings. The highest BCUT2D eigenvalue weighted by molar-refractivity contribution is 7.14. The zero-order valence-corrected chi connectivity index (χ0v) is 23.4. The highest BCUT2D eigenvalue weighted by Gasteiger charge is 2.25. The summed E-state index contributed by atoms with van der Waals surface area (Å²) in [5.74, 6) is -1.47. The van der Waals surface area contributed by atoms with Crippen LogP contribution in [-0.2, 0) is 21.4 Å². The molecule has 39 heavy (non-hydrogen) atoms. The number of piperidine rings is 1. The molecule has 0 bridgehead atoms. The number of hydrogen-bond donors (Lipinski definition) is 3. The molecule has 9 nitrogen and oxygen atoms in total. The fourth-order valence-electron chi connectivity index (χ4n) is 4.40. The van der Waals surface area contributed by atoms with Crippen molar-refractivity contribution in [3.63, 3.8) is 0 Å². The number of thiophene rings is 1. The molecule has 1 aliphatic heterocycles. The van der Waals surface area contributed by atoms with Crippen LogP contribution in [0, 0.1) is 0 Å². The summed E-state index contributed by atoms with van der Waals surface area (Å²) in [7, 11) is 0. The zero-order valence-electron chi connectivity index (χ0n) is 22.6. The molecule has 4 rings (SSSR count). The predicted octanol–water partition coefficient (Wildman–Crippen LogP) is 4.03. The summed E-state index contributed by atoms with van der Waals surface area (Å²) in [5, 5.41) is 14.2. The van der Waals surface area contributed by atoms with Gasteiger partial charge in [-0.1, -0.05) is 45.0 Å². The lowest BCUT2D eigenvalue weighted by Crippen LogP contribution is -2.49. The summed E-state index contributed by atoms with van der Waals surface area (Å²) in [5.41, 5.74) is 2.58. The number of anilines is 1. The minimum atomic E-state index is -1.16. The number of amides is 2. The van der Waals surface area contributed by atoms with E-state index in [0.29, 0.717) is 10.7 Å². The third-order valence-electron chi connectivity index (χ3n) is 6.62. The van der Waals surface area contributed by atoms with E-state index in [-0.39, 0.29) is 17.7 Å². The molecule has 206 valence electrons. The van der Waals surface area contributed by atoms with Crippen LogP contribution in [0.15, 0.2) is 48.8 Å². The molecule has 2 amide bonds. The Bertz CT molecular complexity index is 1290. The molecule has 0 radical (unpaired) electrons. The summed E-state index contributed by atoms with van der Waals surface area (Å²) >= 11 is 1.38. The van der Waals surface area contributed by atoms with Gasteiger partial charge in [0.2, 0.25) is 5.91 Å². The van der Waals surface area contributed by atoms with Gasteiger partial charge in [-0.05, 0) is 42.4 Å². The maximum atomic E-state index is 13.0. The van der Waals surface area contributed by atoms with Crippen molar-refractivity contribution in [1.82, 2.24) is 20.6 Å². The second-order valence-electron chi connectivity index (χ2n) is 10.8. The minimum Gasteiger partial charge on any atom is -0.480 e. The standard InChI is InChI=1S/C29H35N5O4S/c1-29(2,3)24-12-11-23(39-24)28(38)33-22(27(37)32-18-25(35)36)15-19-7-9-20(10-8-19)26-30-16-21(17-31-26)34-13-5-4-6-14-34/h7-12,16-17,22H,4-6,13-15,18H2,1-3H3,(H,32,37)(H,33,38)(H,35,36). The number of hydrogen-bond acceptors (Lipinski definition) is 7. The Balaban J connectivity index is 1.45. The van der Waals surface area contributed by atoms with Crippen LogP contribution in [0.3, 0.4) is 0 Å². The lowest BCUT2D eigenvalue weighted by molar-refractivity contribution is -0.138. The van der Waals surface area contributed by atoms with Gasteiger partial charge in [-0.2, -0.15) is 0 Å². The maximum absolute atomic E-state index is 13.0. The molecule has 10 heteroatoms. The zero-order chi connectivity index (χ0) is 28.0. The molecule has 1 aromatic carbocycles. The Kier molecular flexibility index (Phi) is 8.96. The molecule has 0 spiro atoms. The van der Waals surface area contributed by atoms with Gasteiger partial charge in [0.05, 0.1) is 23.0 Å². The van der Waals surface area contributed by atoms with E-state index in [4.69, 9.17) is 5.11 Å². The van der Waals surface area contributed by atoms with Crippen molar-refractivity contribution in [2.45, 2.75) is 57.9 Å². The molecule has 3 heterocycles. The molecule has 1 saturated heterocycles. The fraction of sp³-hybridized carbons (Fsp3) is 0.414. The second kappa shape index (κ2) is 12.4. The van der Waals surface area contributed by atoms with Crippen LogP contribution in [0.4, 0.5) is 5.69 Å². The summed E-state index contributed by atoms with van der Waals surface area (Å²) < 4.78 is 0. The van der Waals surface area contributed by atoms with Crippen molar-refractivity contribution in [3.8, 4) is 11.4 Å². The third-order valence-corrected chi connectivity index (χ3v) is 8.13. The highest BCUT2D eigenvalue weighted by atomic mass is 32.1. The van der Waals surface area contributed by atoms with Crippen LogP contribution in [0.1, 0.15) is 60.1 Å². The van der Waals surface area contributed by atoms with Crippen molar-refractivity contribution < 1.29 is 19.5 Å². The van der Waals surface area contributed by atoms with E-state index in [1.807, 2.05) is 42.7 Å². The van der Waals surface area contributed by atoms with Crippen LogP contribution in [0.2, 0.25) is 0 Å². The van der Waals surface area contributed by atoms with Gasteiger partial charge < -0.3 is 20.6 Å². The molecule has 1 atom stereocenters. The number of carboxylic acid groups (broad SMARTS) is 1. The number of carbonyl (C=O) groups is 3. The van der Waals surface area contributed by atoms with E-state index in [1.165, 1.54) is 30.6 Å². The lowest BCUT2D eigenvalue weighted by atomic mass is 9.95. The second-order valence-corrected chi connectivity index (χ2v) is 11.8. The smallest absolute Gasteiger partial charge is 0.322 e. The van der Waals surface area contributed by atoms with Crippen molar-refractivity contribution in [3.05, 3.63) is 64.1 Å². The molecule has 0 aliphatic carbocycles. The first-order valence-corrected chi connectivity index (χ1v) is 14.0. The van der Waals surface area contributed by atoms with Gasteiger partial charge in [-0.25, -0.2) is 9.97 Å². The van der Waals surface area contributed by atoms with Crippen LogP contribution < -0.4 is 15.5 Å². The van der Waals surface area contributed by atoms with Gasteiger partial charge >= 0.3 is 5.97 Å². The summed E-state index contributed by atoms with van der Waals surface area (Å²) in [6, 6.07) is 10.2. The van der Waals surface area contributed by atoms with Gasteiger partial charge in [0, 0.05) is 30.0 Å². The van der Waals surface area contributed by atoms with Gasteiger partial charge in [0.25, 0.3) is 5.91 Å². The Labute approximate surface area is 232 Å². The molecule has 1 unspecified atom stereocenters. The normalized spacial score (nSPS) is 14.5. The van der Waals surface area contributed by atoms with Crippen LogP contribution in [-0.4, -0.2) is 58.5 Å². The molecular weight excluding hydrogens is 514 g/mol. The summed E-state index contributed by atoms with van der Waals surface area (Å²) in [6.07, 6.45) is 7.54. The first-order chi connectivity index (χ1) is 18.6. The minimum absolute atomic E-state index is 0.0964. The maximum Gasteiger partial charge on any atom is 0.322 e. The summed E-state index contributed by atoms with van der Waals surface area (Å²) in [6.45, 7) is 7.74. The highest BCUT2D eigenvalue weighted by Crippen LogP contribution is 2.29. The van der Waals surface area contributed by atoms with Crippen LogP contribution in [0.25, 0.3) is 11.4 Å². The Morgan fingerprint density at radius 3 is 2.26 bits per heavy atom. The SMILES string of the molecule is CC(C)(C)c1ccc(C(=O)NC(Cc2ccc(-c3ncc(N4CCCCC4)cn3)cc2)C(=O)NCC(=O)O)s1. The van der Waals surface area contributed by atoms with E-state index >= 15 is 0 Å². The Morgan fingerprint density at radius 1 is 1.00 bits per heavy atom. The predicted molar refractivity (Wildman–Crippen MR) is 152 cm³/mol. The number of aromatic nitrogens is 2. The Hall–Kier alpha value is -3.79. The first-order valence-electron chi connectivity index (χ1n) is 13.2. The molecular formula is C29H35N5O4S. The topological polar surface area (TPSA) is 125 Å². The largest absolute Gasteiger partial charge is 0.480 e. The van der Waals surface area contributed by atoms with Gasteiger partial charge in [0.15, 0.2) is 5.82 Å². The number of benzene rings is 1. The number of aliphatic carboxylic acids is 1. The molecule has 3 aromatic rings. The van der Waals surface area contributed by atoms with E-state index < -0.39 is 24.5 Å². The Morgan fingerprint density at radius 2 is 1.67 bits per heavy atom. The number of rotatable bonds is 9. The third kappa shape index (κ3) is 7.63. The molecule has 0 saturated carbocycles. The molecule has 3 N–H and O–H groups in total. The average Bonchev–Trinajstić information content (AvgIpc) is 3.44. The van der Waals surface area contributed by atoms with Gasteiger partial charge in [-0.3, -0.25) is 14.4 Å². The number of carboxylic acids is 1. The number of nitrogens with one attached hydrogen (secondary N) is 2. The van der Waals surface area contributed by atoms with Gasteiger partial charge in [0.1, 0.15) is 12.6 Å². The lowest BCUT2D eigenvalue weighted by Gasteiger charge is -2.28. The number of carbonyl (C=O) groups excluding carboxylic acids is 2. The van der Waals surface area contributed by atoms with Crippen molar-refractivity contribution in [2.75, 3.05) is 24.5 Å². The van der Waals surface area contributed by atoms with Crippen molar-refractivity contribution >= 4 is 34.8 Å².